The normalized spacial score (nSPS) is 9.62. The van der Waals surface area contributed by atoms with Crippen molar-refractivity contribution < 1.29 is 7.96 Å². The van der Waals surface area contributed by atoms with Crippen LogP contribution in [-0.2, 0) is 0 Å². The van der Waals surface area contributed by atoms with Crippen LogP contribution in [0.3, 0.4) is 0 Å². The van der Waals surface area contributed by atoms with Gasteiger partial charge in [0.1, 0.15) is 11.3 Å². The van der Waals surface area contributed by atoms with Gasteiger partial charge in [-0.15, -0.1) is 0 Å². The number of fused-ring (bicyclic) bond motifs is 1. The second-order valence-electron chi connectivity index (χ2n) is 2.47. The Labute approximate surface area is 99.7 Å². The molecule has 2 aromatic rings. The van der Waals surface area contributed by atoms with Gasteiger partial charge in [-0.2, -0.15) is 0 Å². The van der Waals surface area contributed by atoms with Crippen LogP contribution in [0.4, 0.5) is 0 Å². The number of rotatable bonds is 0. The zero-order valence-corrected chi connectivity index (χ0v) is 9.04. The fraction of sp³-hybridized carbons (Fsp3) is 0. The van der Waals surface area contributed by atoms with Crippen molar-refractivity contribution in [1.29, 1.82) is 0 Å². The summed E-state index contributed by atoms with van der Waals surface area (Å²) >= 11 is 5.88. The molecule has 0 aliphatic rings. The fourth-order valence-electron chi connectivity index (χ4n) is 1.12. The monoisotopic (exact) mass is 205 g/mol. The smallest absolute Gasteiger partial charge is 1.00 e. The minimum absolute atomic E-state index is 0. The summed E-state index contributed by atoms with van der Waals surface area (Å²) in [5, 5.41) is 10.8. The van der Waals surface area contributed by atoms with E-state index in [0.717, 1.165) is 5.39 Å². The molecule has 0 saturated heterocycles. The molecule has 0 aliphatic carbocycles. The van der Waals surface area contributed by atoms with Crippen molar-refractivity contribution in [2.24, 2.45) is 0 Å². The Morgan fingerprint density at radius 1 is 1.31 bits per heavy atom. The van der Waals surface area contributed by atoms with Crippen LogP contribution >= 0.6 is 11.6 Å². The summed E-state index contributed by atoms with van der Waals surface area (Å²) in [6.07, 6.45) is 1.62. The molecule has 1 heterocycles. The summed E-state index contributed by atoms with van der Waals surface area (Å²) in [5.41, 5.74) is 0.546. The zero-order chi connectivity index (χ0) is 8.55. The molecule has 13 heavy (non-hydrogen) atoms. The first-order valence-electron chi connectivity index (χ1n) is 3.51. The second-order valence-corrected chi connectivity index (χ2v) is 2.87. The summed E-state index contributed by atoms with van der Waals surface area (Å²) in [6, 6.07) is 6.80. The maximum absolute atomic E-state index is 9.37. The minimum atomic E-state index is 0. The summed E-state index contributed by atoms with van der Waals surface area (Å²) in [4.78, 5) is 4.01. The van der Waals surface area contributed by atoms with Gasteiger partial charge >= 0.3 is 23.1 Å². The van der Waals surface area contributed by atoms with Crippen molar-refractivity contribution in [3.05, 3.63) is 35.5 Å². The van der Waals surface area contributed by atoms with E-state index < -0.39 is 0 Å². The van der Waals surface area contributed by atoms with Gasteiger partial charge in [0.15, 0.2) is 0 Å². The maximum Gasteiger partial charge on any atom is 2.00 e. The number of hydrogen-bond donors (Lipinski definition) is 1. The van der Waals surface area contributed by atoms with Crippen LogP contribution in [0, 0.1) is 0 Å². The topological polar surface area (TPSA) is 33.1 Å². The van der Waals surface area contributed by atoms with Gasteiger partial charge in [0.25, 0.3) is 0 Å². The minimum Gasteiger partial charge on any atom is -1.00 e. The molecule has 4 heteroatoms. The van der Waals surface area contributed by atoms with Crippen molar-refractivity contribution in [2.45, 2.75) is 0 Å². The van der Waals surface area contributed by atoms with Gasteiger partial charge in [-0.25, -0.2) is 0 Å². The summed E-state index contributed by atoms with van der Waals surface area (Å²) < 4.78 is 0. The predicted molar refractivity (Wildman–Crippen MR) is 56.4 cm³/mol. The van der Waals surface area contributed by atoms with Gasteiger partial charge in [0, 0.05) is 11.6 Å². The largest absolute Gasteiger partial charge is 2.00 e. The Kier molecular flexibility index (Phi) is 3.36. The van der Waals surface area contributed by atoms with E-state index >= 15 is 0 Å². The van der Waals surface area contributed by atoms with E-state index in [0.29, 0.717) is 10.5 Å². The number of aromatic hydroxyl groups is 1. The van der Waals surface area contributed by atoms with E-state index in [-0.39, 0.29) is 31.7 Å². The van der Waals surface area contributed by atoms with Crippen LogP contribution in [0.5, 0.6) is 5.75 Å². The Hall–Kier alpha value is -0.514. The van der Waals surface area contributed by atoms with E-state index in [2.05, 4.69) is 4.98 Å². The fourth-order valence-corrected chi connectivity index (χ4v) is 1.34. The van der Waals surface area contributed by atoms with Gasteiger partial charge in [-0.05, 0) is 24.3 Å². The summed E-state index contributed by atoms with van der Waals surface area (Å²) in [5.74, 6) is 0.162. The van der Waals surface area contributed by atoms with E-state index in [1.54, 1.807) is 18.3 Å². The molecule has 0 amide bonds. The molecule has 0 spiro atoms. The average molecular weight is 206 g/mol. The van der Waals surface area contributed by atoms with Crippen LogP contribution in [0.15, 0.2) is 30.5 Å². The molecule has 2 rings (SSSR count). The standard InChI is InChI=1S/C9H6ClNO.Mg.2H/c10-7-3-4-8(12)9-6(7)2-1-5-11-9;;;/h1-5,12H;;;/q;+2;2*-1. The Morgan fingerprint density at radius 2 is 2.08 bits per heavy atom. The van der Waals surface area contributed by atoms with Crippen molar-refractivity contribution in [1.82, 2.24) is 4.98 Å². The van der Waals surface area contributed by atoms with Gasteiger partial charge in [-0.3, -0.25) is 4.98 Å². The SMILES string of the molecule is Oc1ccc(Cl)c2cccnc12.[H-].[H-].[Mg+2]. The Morgan fingerprint density at radius 3 is 2.77 bits per heavy atom. The molecule has 0 radical (unpaired) electrons. The quantitative estimate of drug-likeness (QED) is 0.671. The number of pyridine rings is 1. The third-order valence-corrected chi connectivity index (χ3v) is 2.02. The Balaban J connectivity index is 0. The van der Waals surface area contributed by atoms with Gasteiger partial charge < -0.3 is 7.96 Å². The molecule has 0 atom stereocenters. The van der Waals surface area contributed by atoms with Gasteiger partial charge in [-0.1, -0.05) is 11.6 Å². The van der Waals surface area contributed by atoms with Gasteiger partial charge in [0.2, 0.25) is 0 Å². The van der Waals surface area contributed by atoms with Crippen molar-refractivity contribution in [3.63, 3.8) is 0 Å². The van der Waals surface area contributed by atoms with E-state index in [1.165, 1.54) is 6.07 Å². The van der Waals surface area contributed by atoms with E-state index in [1.807, 2.05) is 6.07 Å². The van der Waals surface area contributed by atoms with Crippen LogP contribution in [0.2, 0.25) is 5.02 Å². The number of nitrogens with zero attached hydrogens (tertiary/aromatic N) is 1. The maximum atomic E-state index is 9.37. The zero-order valence-electron chi connectivity index (χ0n) is 8.87. The van der Waals surface area contributed by atoms with Crippen LogP contribution in [0.25, 0.3) is 10.9 Å². The molecule has 0 fully saturated rings. The summed E-state index contributed by atoms with van der Waals surface area (Å²) in [6.45, 7) is 0. The molecule has 0 unspecified atom stereocenters. The molecule has 1 N–H and O–H groups in total. The number of phenolic OH excluding ortho intramolecular Hbond substituents is 1. The third kappa shape index (κ3) is 1.87. The first kappa shape index (κ1) is 10.6. The first-order valence-corrected chi connectivity index (χ1v) is 3.89. The number of aromatic nitrogens is 1. The van der Waals surface area contributed by atoms with E-state index in [4.69, 9.17) is 11.6 Å². The van der Waals surface area contributed by atoms with E-state index in [9.17, 15) is 5.11 Å². The number of benzene rings is 1. The summed E-state index contributed by atoms with van der Waals surface area (Å²) in [7, 11) is 0. The molecule has 1 aromatic heterocycles. The number of phenols is 1. The van der Waals surface area contributed by atoms with Crippen LogP contribution < -0.4 is 0 Å². The van der Waals surface area contributed by atoms with Crippen LogP contribution in [-0.4, -0.2) is 33.1 Å². The van der Waals surface area contributed by atoms with Crippen molar-refractivity contribution in [3.8, 4) is 5.75 Å². The molecule has 0 saturated carbocycles. The van der Waals surface area contributed by atoms with Crippen molar-refractivity contribution in [2.75, 3.05) is 0 Å². The third-order valence-electron chi connectivity index (χ3n) is 1.70. The first-order chi connectivity index (χ1) is 5.79. The molecule has 2 nitrogen and oxygen atoms in total. The van der Waals surface area contributed by atoms with Crippen LogP contribution in [0.1, 0.15) is 2.85 Å². The van der Waals surface area contributed by atoms with Crippen molar-refractivity contribution >= 4 is 45.6 Å². The van der Waals surface area contributed by atoms with Gasteiger partial charge in [0.05, 0.1) is 5.02 Å². The molecule has 0 bridgehead atoms. The average Bonchev–Trinajstić information content (AvgIpc) is 2.12. The molecular weight excluding hydrogens is 198 g/mol. The molecular formula is C9H8ClMgNO. The number of hydrogen-bond acceptors (Lipinski definition) is 2. The Bertz CT molecular complexity index is 401. The second kappa shape index (κ2) is 4.13. The predicted octanol–water partition coefficient (Wildman–Crippen LogP) is 2.44. The molecule has 0 aliphatic heterocycles. The molecule has 1 aromatic carbocycles. The molecule has 64 valence electrons. The number of halogens is 1.